The van der Waals surface area contributed by atoms with E-state index >= 15 is 0 Å². The van der Waals surface area contributed by atoms with Crippen LogP contribution in [0.3, 0.4) is 0 Å². The number of rotatable bonds is 4. The van der Waals surface area contributed by atoms with E-state index < -0.39 is 5.91 Å². The molecule has 118 valence electrons. The summed E-state index contributed by atoms with van der Waals surface area (Å²) in [4.78, 5) is 12.1. The molecule has 1 amide bonds. The Morgan fingerprint density at radius 3 is 2.78 bits per heavy atom. The number of aryl methyl sites for hydroxylation is 2. The minimum Gasteiger partial charge on any atom is -0.493 e. The third-order valence-electron chi connectivity index (χ3n) is 3.69. The lowest BCUT2D eigenvalue weighted by Crippen LogP contribution is -1.95. The van der Waals surface area contributed by atoms with Crippen LogP contribution in [0.1, 0.15) is 29.5 Å². The first-order valence-electron chi connectivity index (χ1n) is 7.43. The van der Waals surface area contributed by atoms with Gasteiger partial charge in [-0.05, 0) is 25.5 Å². The maximum absolute atomic E-state index is 12.1. The zero-order valence-electron chi connectivity index (χ0n) is 13.0. The Hall–Kier alpha value is -2.89. The number of furan rings is 1. The highest BCUT2D eigenvalue weighted by atomic mass is 16.3. The summed E-state index contributed by atoms with van der Waals surface area (Å²) in [6, 6.07) is 9.07. The van der Waals surface area contributed by atoms with Crippen LogP contribution in [0.4, 0.5) is 5.69 Å². The van der Waals surface area contributed by atoms with Gasteiger partial charge in [0.2, 0.25) is 5.88 Å². The molecule has 0 aliphatic rings. The van der Waals surface area contributed by atoms with Crippen molar-refractivity contribution in [3.63, 3.8) is 0 Å². The van der Waals surface area contributed by atoms with Gasteiger partial charge in [-0.1, -0.05) is 25.1 Å². The second kappa shape index (κ2) is 6.08. The molecule has 0 bridgehead atoms. The summed E-state index contributed by atoms with van der Waals surface area (Å²) in [5.74, 6) is 0.0167. The molecule has 0 radical (unpaired) electrons. The molecule has 23 heavy (non-hydrogen) atoms. The smallest absolute Gasteiger partial charge is 0.298 e. The molecule has 0 spiro atoms. The second-order valence-electron chi connectivity index (χ2n) is 5.24. The Kier molecular flexibility index (Phi) is 3.97. The van der Waals surface area contributed by atoms with Gasteiger partial charge in [-0.25, -0.2) is 0 Å². The van der Waals surface area contributed by atoms with Gasteiger partial charge in [0.15, 0.2) is 5.69 Å². The molecule has 2 aromatic heterocycles. The Bertz CT molecular complexity index is 890. The summed E-state index contributed by atoms with van der Waals surface area (Å²) in [5.41, 5.74) is 1.54. The summed E-state index contributed by atoms with van der Waals surface area (Å²) in [7, 11) is 0. The Balaban J connectivity index is 2.03. The average Bonchev–Trinajstić information content (AvgIpc) is 3.09. The summed E-state index contributed by atoms with van der Waals surface area (Å²) in [6.45, 7) is 4.38. The molecule has 6 heteroatoms. The number of azo groups is 1. The van der Waals surface area contributed by atoms with Crippen molar-refractivity contribution in [3.8, 4) is 5.88 Å². The maximum atomic E-state index is 12.1. The minimum atomic E-state index is -0.497. The molecular formula is C17H17N3O3. The SMILES string of the molecule is CCCn1c(O)c(N=NC(=O)c2ccoc2C)c2ccccc21. The number of aromatic hydroxyl groups is 1. The molecule has 6 nitrogen and oxygen atoms in total. The van der Waals surface area contributed by atoms with E-state index in [1.165, 1.54) is 6.26 Å². The number of fused-ring (bicyclic) bond motifs is 1. The molecule has 0 atom stereocenters. The van der Waals surface area contributed by atoms with Crippen LogP contribution in [0.15, 0.2) is 51.2 Å². The number of nitrogens with zero attached hydrogens (tertiary/aromatic N) is 3. The molecular weight excluding hydrogens is 294 g/mol. The number of carbonyl (C=O) groups excluding carboxylic acids is 1. The van der Waals surface area contributed by atoms with E-state index in [0.717, 1.165) is 17.3 Å². The topological polar surface area (TPSA) is 80.1 Å². The highest BCUT2D eigenvalue weighted by Crippen LogP contribution is 2.38. The van der Waals surface area contributed by atoms with Gasteiger partial charge in [0.1, 0.15) is 5.76 Å². The van der Waals surface area contributed by atoms with Crippen LogP contribution in [-0.4, -0.2) is 15.6 Å². The van der Waals surface area contributed by atoms with Gasteiger partial charge in [-0.15, -0.1) is 10.2 Å². The van der Waals surface area contributed by atoms with Crippen molar-refractivity contribution in [1.82, 2.24) is 4.57 Å². The summed E-state index contributed by atoms with van der Waals surface area (Å²) in [6.07, 6.45) is 2.30. The third-order valence-corrected chi connectivity index (χ3v) is 3.69. The van der Waals surface area contributed by atoms with E-state index in [1.807, 2.05) is 31.2 Å². The van der Waals surface area contributed by atoms with Gasteiger partial charge in [0.25, 0.3) is 5.91 Å². The van der Waals surface area contributed by atoms with E-state index in [1.54, 1.807) is 17.6 Å². The lowest BCUT2D eigenvalue weighted by atomic mass is 10.2. The fraction of sp³-hybridized carbons (Fsp3) is 0.235. The van der Waals surface area contributed by atoms with Crippen molar-refractivity contribution < 1.29 is 14.3 Å². The van der Waals surface area contributed by atoms with Crippen molar-refractivity contribution in [2.24, 2.45) is 10.2 Å². The van der Waals surface area contributed by atoms with Crippen LogP contribution >= 0.6 is 0 Å². The molecule has 1 aromatic carbocycles. The number of para-hydroxylation sites is 1. The van der Waals surface area contributed by atoms with Gasteiger partial charge < -0.3 is 14.1 Å². The molecule has 0 unspecified atom stereocenters. The molecule has 0 saturated carbocycles. The number of amides is 1. The van der Waals surface area contributed by atoms with Crippen molar-refractivity contribution >= 4 is 22.5 Å². The van der Waals surface area contributed by atoms with Crippen molar-refractivity contribution in [2.45, 2.75) is 26.8 Å². The van der Waals surface area contributed by atoms with Gasteiger partial charge in [0.05, 0.1) is 17.3 Å². The zero-order chi connectivity index (χ0) is 16.4. The highest BCUT2D eigenvalue weighted by Gasteiger charge is 2.17. The molecule has 3 aromatic rings. The minimum absolute atomic E-state index is 0.0218. The predicted octanol–water partition coefficient (Wildman–Crippen LogP) is 4.58. The molecule has 0 saturated heterocycles. The third kappa shape index (κ3) is 2.63. The first kappa shape index (κ1) is 15.0. The largest absolute Gasteiger partial charge is 0.493 e. The lowest BCUT2D eigenvalue weighted by molar-refractivity contribution is 0.0993. The van der Waals surface area contributed by atoms with Crippen molar-refractivity contribution in [2.75, 3.05) is 0 Å². The number of carbonyl (C=O) groups is 1. The molecule has 0 fully saturated rings. The lowest BCUT2D eigenvalue weighted by Gasteiger charge is -2.03. The van der Waals surface area contributed by atoms with E-state index in [2.05, 4.69) is 10.2 Å². The van der Waals surface area contributed by atoms with Crippen molar-refractivity contribution in [3.05, 3.63) is 47.9 Å². The monoisotopic (exact) mass is 311 g/mol. The summed E-state index contributed by atoms with van der Waals surface area (Å²) in [5, 5.41) is 18.9. The first-order valence-corrected chi connectivity index (χ1v) is 7.43. The summed E-state index contributed by atoms with van der Waals surface area (Å²) >= 11 is 0. The number of hydrogen-bond donors (Lipinski definition) is 1. The molecule has 3 rings (SSSR count). The standard InChI is InChI=1S/C17H17N3O3/c1-3-9-20-14-7-5-4-6-13(14)15(17(20)22)18-19-16(21)12-8-10-23-11(12)2/h4-8,10,22H,3,9H2,1-2H3. The van der Waals surface area contributed by atoms with Crippen LogP contribution in [0.5, 0.6) is 5.88 Å². The van der Waals surface area contributed by atoms with Crippen LogP contribution < -0.4 is 0 Å². The number of benzene rings is 1. The molecule has 0 aliphatic heterocycles. The predicted molar refractivity (Wildman–Crippen MR) is 86.2 cm³/mol. The zero-order valence-corrected chi connectivity index (χ0v) is 13.0. The van der Waals surface area contributed by atoms with Gasteiger partial charge in [-0.2, -0.15) is 0 Å². The molecule has 2 heterocycles. The normalized spacial score (nSPS) is 11.6. The van der Waals surface area contributed by atoms with Gasteiger partial charge in [0, 0.05) is 11.9 Å². The van der Waals surface area contributed by atoms with E-state index in [9.17, 15) is 9.90 Å². The van der Waals surface area contributed by atoms with Crippen LogP contribution in [0.25, 0.3) is 10.9 Å². The maximum Gasteiger partial charge on any atom is 0.298 e. The van der Waals surface area contributed by atoms with Crippen molar-refractivity contribution in [1.29, 1.82) is 0 Å². The number of hydrogen-bond acceptors (Lipinski definition) is 4. The highest BCUT2D eigenvalue weighted by molar-refractivity contribution is 5.97. The van der Waals surface area contributed by atoms with Gasteiger partial charge in [-0.3, -0.25) is 4.79 Å². The van der Waals surface area contributed by atoms with Crippen LogP contribution in [0.2, 0.25) is 0 Å². The van der Waals surface area contributed by atoms with E-state index in [4.69, 9.17) is 4.42 Å². The van der Waals surface area contributed by atoms with Gasteiger partial charge >= 0.3 is 0 Å². The average molecular weight is 311 g/mol. The molecule has 0 aliphatic carbocycles. The Morgan fingerprint density at radius 1 is 1.30 bits per heavy atom. The Morgan fingerprint density at radius 2 is 2.09 bits per heavy atom. The van der Waals surface area contributed by atoms with Crippen LogP contribution in [-0.2, 0) is 6.54 Å². The fourth-order valence-electron chi connectivity index (χ4n) is 2.58. The fourth-order valence-corrected chi connectivity index (χ4v) is 2.58. The summed E-state index contributed by atoms with van der Waals surface area (Å²) < 4.78 is 6.87. The second-order valence-corrected chi connectivity index (χ2v) is 5.24. The van der Waals surface area contributed by atoms with E-state index in [0.29, 0.717) is 23.6 Å². The number of aromatic nitrogens is 1. The Labute approximate surface area is 133 Å². The van der Waals surface area contributed by atoms with Crippen LogP contribution in [0, 0.1) is 6.92 Å². The quantitative estimate of drug-likeness (QED) is 0.716. The molecule has 1 N–H and O–H groups in total. The first-order chi connectivity index (χ1) is 11.1. The van der Waals surface area contributed by atoms with E-state index in [-0.39, 0.29) is 5.88 Å².